The second kappa shape index (κ2) is 6.69. The standard InChI is InChI=1S/C12H11N3O2.C2HF3O2/c16-15(17)10-4-5-11(14-7-2-8-14)12-9(10)3-1-6-13-12;3-2(4,5)1(6)7/h1,3-6H,2,7-8H2;(H,6,7). The summed E-state index contributed by atoms with van der Waals surface area (Å²) in [4.78, 5) is 26.0. The Balaban J connectivity index is 0.000000256. The molecule has 7 nitrogen and oxygen atoms in total. The zero-order chi connectivity index (χ0) is 17.9. The number of rotatable bonds is 2. The van der Waals surface area contributed by atoms with Crippen molar-refractivity contribution >= 4 is 28.2 Å². The second-order valence-corrected chi connectivity index (χ2v) is 4.90. The van der Waals surface area contributed by atoms with E-state index in [9.17, 15) is 23.3 Å². The molecule has 24 heavy (non-hydrogen) atoms. The normalized spacial score (nSPS) is 13.7. The Kier molecular flexibility index (Phi) is 4.86. The lowest BCUT2D eigenvalue weighted by atomic mass is 10.1. The number of nitro benzene ring substituents is 1. The van der Waals surface area contributed by atoms with E-state index in [1.165, 1.54) is 6.42 Å². The van der Waals surface area contributed by atoms with E-state index in [4.69, 9.17) is 9.90 Å². The van der Waals surface area contributed by atoms with Crippen molar-refractivity contribution in [2.24, 2.45) is 0 Å². The molecule has 1 aliphatic rings. The molecule has 0 bridgehead atoms. The molecule has 0 spiro atoms. The number of alkyl halides is 3. The molecule has 0 aliphatic carbocycles. The van der Waals surface area contributed by atoms with Gasteiger partial charge < -0.3 is 10.0 Å². The number of aromatic nitrogens is 1. The maximum absolute atomic E-state index is 10.9. The summed E-state index contributed by atoms with van der Waals surface area (Å²) >= 11 is 0. The van der Waals surface area contributed by atoms with Gasteiger partial charge in [0.2, 0.25) is 0 Å². The van der Waals surface area contributed by atoms with E-state index in [0.717, 1.165) is 24.3 Å². The fourth-order valence-corrected chi connectivity index (χ4v) is 2.11. The van der Waals surface area contributed by atoms with Gasteiger partial charge in [0.1, 0.15) is 5.52 Å². The van der Waals surface area contributed by atoms with Crippen LogP contribution >= 0.6 is 0 Å². The van der Waals surface area contributed by atoms with Gasteiger partial charge in [-0.3, -0.25) is 15.1 Å². The minimum Gasteiger partial charge on any atom is -0.475 e. The van der Waals surface area contributed by atoms with E-state index in [-0.39, 0.29) is 10.6 Å². The summed E-state index contributed by atoms with van der Waals surface area (Å²) < 4.78 is 31.7. The summed E-state index contributed by atoms with van der Waals surface area (Å²) in [5, 5.41) is 18.7. The van der Waals surface area contributed by atoms with Crippen LogP contribution < -0.4 is 4.90 Å². The Morgan fingerprint density at radius 3 is 2.38 bits per heavy atom. The van der Waals surface area contributed by atoms with E-state index in [1.54, 1.807) is 30.5 Å². The van der Waals surface area contributed by atoms with Gasteiger partial charge in [-0.15, -0.1) is 0 Å². The maximum Gasteiger partial charge on any atom is 0.490 e. The fraction of sp³-hybridized carbons (Fsp3) is 0.286. The Morgan fingerprint density at radius 2 is 1.92 bits per heavy atom. The van der Waals surface area contributed by atoms with Crippen LogP contribution in [0, 0.1) is 10.1 Å². The number of aliphatic carboxylic acids is 1. The highest BCUT2D eigenvalue weighted by Crippen LogP contribution is 2.33. The smallest absolute Gasteiger partial charge is 0.475 e. The number of non-ortho nitro benzene ring substituents is 1. The van der Waals surface area contributed by atoms with Gasteiger partial charge in [-0.1, -0.05) is 0 Å². The Bertz CT molecular complexity index is 775. The number of benzene rings is 1. The van der Waals surface area contributed by atoms with Crippen LogP contribution in [0.4, 0.5) is 24.5 Å². The van der Waals surface area contributed by atoms with Gasteiger partial charge >= 0.3 is 12.1 Å². The average Bonchev–Trinajstić information content (AvgIpc) is 2.45. The number of nitrogens with zero attached hydrogens (tertiary/aromatic N) is 3. The second-order valence-electron chi connectivity index (χ2n) is 4.90. The zero-order valence-corrected chi connectivity index (χ0v) is 12.2. The molecule has 1 fully saturated rings. The Morgan fingerprint density at radius 1 is 1.29 bits per heavy atom. The molecular weight excluding hydrogens is 331 g/mol. The molecule has 0 unspecified atom stereocenters. The van der Waals surface area contributed by atoms with E-state index < -0.39 is 12.1 Å². The average molecular weight is 343 g/mol. The van der Waals surface area contributed by atoms with Crippen molar-refractivity contribution in [1.82, 2.24) is 4.98 Å². The molecule has 1 aliphatic heterocycles. The van der Waals surface area contributed by atoms with Crippen LogP contribution in [0.15, 0.2) is 30.5 Å². The molecule has 3 rings (SSSR count). The molecule has 0 atom stereocenters. The largest absolute Gasteiger partial charge is 0.490 e. The summed E-state index contributed by atoms with van der Waals surface area (Å²) in [5.74, 6) is -2.76. The number of fused-ring (bicyclic) bond motifs is 1. The number of pyridine rings is 1. The Labute approximate surface area is 133 Å². The number of anilines is 1. The molecule has 1 saturated heterocycles. The lowest BCUT2D eigenvalue weighted by molar-refractivity contribution is -0.383. The number of hydrogen-bond donors (Lipinski definition) is 1. The molecule has 1 aromatic carbocycles. The molecule has 0 amide bonds. The Hall–Kier alpha value is -2.91. The van der Waals surface area contributed by atoms with E-state index in [0.29, 0.717) is 5.39 Å². The van der Waals surface area contributed by atoms with Gasteiger partial charge in [0.25, 0.3) is 5.69 Å². The van der Waals surface area contributed by atoms with Gasteiger partial charge in [0, 0.05) is 25.4 Å². The van der Waals surface area contributed by atoms with Crippen molar-refractivity contribution in [3.8, 4) is 0 Å². The van der Waals surface area contributed by atoms with Crippen molar-refractivity contribution in [2.45, 2.75) is 12.6 Å². The predicted molar refractivity (Wildman–Crippen MR) is 78.9 cm³/mol. The summed E-state index contributed by atoms with van der Waals surface area (Å²) in [7, 11) is 0. The first-order valence-electron chi connectivity index (χ1n) is 6.79. The number of carbonyl (C=O) groups is 1. The van der Waals surface area contributed by atoms with Crippen molar-refractivity contribution in [3.05, 3.63) is 40.6 Å². The maximum atomic E-state index is 10.9. The molecular formula is C14H12F3N3O4. The van der Waals surface area contributed by atoms with Crippen molar-refractivity contribution in [3.63, 3.8) is 0 Å². The molecule has 10 heteroatoms. The van der Waals surface area contributed by atoms with Crippen LogP contribution in [0.3, 0.4) is 0 Å². The summed E-state index contributed by atoms with van der Waals surface area (Å²) in [6.45, 7) is 2.01. The van der Waals surface area contributed by atoms with Crippen LogP contribution in [-0.4, -0.2) is 40.2 Å². The first kappa shape index (κ1) is 17.4. The number of hydrogen-bond acceptors (Lipinski definition) is 5. The summed E-state index contributed by atoms with van der Waals surface area (Å²) in [5.41, 5.74) is 1.84. The highest BCUT2D eigenvalue weighted by Gasteiger charge is 2.38. The highest BCUT2D eigenvalue weighted by atomic mass is 19.4. The predicted octanol–water partition coefficient (Wildman–Crippen LogP) is 2.99. The fourth-order valence-electron chi connectivity index (χ4n) is 2.11. The van der Waals surface area contributed by atoms with Crippen molar-refractivity contribution < 1.29 is 28.0 Å². The number of halogens is 3. The molecule has 2 aromatic rings. The third kappa shape index (κ3) is 3.70. The quantitative estimate of drug-likeness (QED) is 0.665. The van der Waals surface area contributed by atoms with E-state index in [2.05, 4.69) is 9.88 Å². The lowest BCUT2D eigenvalue weighted by Gasteiger charge is -2.33. The van der Waals surface area contributed by atoms with E-state index >= 15 is 0 Å². The van der Waals surface area contributed by atoms with Crippen molar-refractivity contribution in [1.29, 1.82) is 0 Å². The van der Waals surface area contributed by atoms with Crippen LogP contribution in [0.2, 0.25) is 0 Å². The first-order chi connectivity index (χ1) is 11.2. The number of nitro groups is 1. The minimum absolute atomic E-state index is 0.123. The number of carboxylic acid groups (broad SMARTS) is 1. The number of carboxylic acids is 1. The summed E-state index contributed by atoms with van der Waals surface area (Å²) in [6.07, 6.45) is -2.24. The molecule has 1 aromatic heterocycles. The van der Waals surface area contributed by atoms with Crippen molar-refractivity contribution in [2.75, 3.05) is 18.0 Å². The van der Waals surface area contributed by atoms with Gasteiger partial charge in [0.05, 0.1) is 16.0 Å². The topological polar surface area (TPSA) is 96.6 Å². The van der Waals surface area contributed by atoms with Gasteiger partial charge in [0.15, 0.2) is 0 Å². The lowest BCUT2D eigenvalue weighted by Crippen LogP contribution is -2.37. The van der Waals surface area contributed by atoms with Gasteiger partial charge in [-0.25, -0.2) is 4.79 Å². The van der Waals surface area contributed by atoms with Crippen LogP contribution in [-0.2, 0) is 4.79 Å². The SMILES string of the molecule is O=C(O)C(F)(F)F.O=[N+]([O-])c1ccc(N2CCC2)c2ncccc12. The van der Waals surface area contributed by atoms with Crippen LogP contribution in [0.1, 0.15) is 6.42 Å². The van der Waals surface area contributed by atoms with E-state index in [1.807, 2.05) is 0 Å². The molecule has 0 saturated carbocycles. The summed E-state index contributed by atoms with van der Waals surface area (Å²) in [6, 6.07) is 6.85. The van der Waals surface area contributed by atoms with Gasteiger partial charge in [-0.05, 0) is 24.6 Å². The highest BCUT2D eigenvalue weighted by molar-refractivity contribution is 5.97. The monoisotopic (exact) mass is 343 g/mol. The molecule has 0 radical (unpaired) electrons. The van der Waals surface area contributed by atoms with Crippen LogP contribution in [0.5, 0.6) is 0 Å². The van der Waals surface area contributed by atoms with Gasteiger partial charge in [-0.2, -0.15) is 13.2 Å². The molecule has 128 valence electrons. The third-order valence-corrected chi connectivity index (χ3v) is 3.36. The third-order valence-electron chi connectivity index (χ3n) is 3.36. The molecule has 2 heterocycles. The van der Waals surface area contributed by atoms with Crippen LogP contribution in [0.25, 0.3) is 10.9 Å². The minimum atomic E-state index is -5.08. The zero-order valence-electron chi connectivity index (χ0n) is 12.2. The molecule has 1 N–H and O–H groups in total. The first-order valence-corrected chi connectivity index (χ1v) is 6.79.